The molecule has 2 nitrogen and oxygen atoms in total. The number of hydrogen-bond acceptors (Lipinski definition) is 2. The lowest BCUT2D eigenvalue weighted by molar-refractivity contribution is 0.632. The largest absolute Gasteiger partial charge is 0.338 e. The van der Waals surface area contributed by atoms with Crippen LogP contribution in [0.5, 0.6) is 0 Å². The van der Waals surface area contributed by atoms with Crippen LogP contribution in [0, 0.1) is 17.2 Å². The molecule has 144 valence electrons. The van der Waals surface area contributed by atoms with E-state index in [0.29, 0.717) is 0 Å². The van der Waals surface area contributed by atoms with E-state index < -0.39 is 0 Å². The molecule has 0 fully saturated rings. The van der Waals surface area contributed by atoms with Gasteiger partial charge in [0.05, 0.1) is 12.1 Å². The van der Waals surface area contributed by atoms with Crippen molar-refractivity contribution in [2.75, 3.05) is 4.90 Å². The Hall–Kier alpha value is -3.05. The van der Waals surface area contributed by atoms with Crippen molar-refractivity contribution in [3.05, 3.63) is 103 Å². The van der Waals surface area contributed by atoms with Gasteiger partial charge in [-0.2, -0.15) is 5.26 Å². The minimum Gasteiger partial charge on any atom is -0.338 e. The predicted molar refractivity (Wildman–Crippen MR) is 121 cm³/mol. The van der Waals surface area contributed by atoms with Crippen molar-refractivity contribution in [3.63, 3.8) is 0 Å². The van der Waals surface area contributed by atoms with Gasteiger partial charge in [-0.05, 0) is 54.9 Å². The van der Waals surface area contributed by atoms with E-state index in [0.717, 1.165) is 48.2 Å². The second kappa shape index (κ2) is 10.9. The highest BCUT2D eigenvalue weighted by atomic mass is 15.2. The van der Waals surface area contributed by atoms with Crippen molar-refractivity contribution in [1.82, 2.24) is 0 Å². The molecule has 1 aromatic carbocycles. The zero-order chi connectivity index (χ0) is 20.4. The van der Waals surface area contributed by atoms with E-state index in [-0.39, 0.29) is 12.0 Å². The minimum absolute atomic E-state index is 0.200. The van der Waals surface area contributed by atoms with E-state index in [1.165, 1.54) is 0 Å². The molecule has 0 spiro atoms. The second-order valence-electron chi connectivity index (χ2n) is 7.14. The van der Waals surface area contributed by atoms with Crippen LogP contribution in [0.25, 0.3) is 0 Å². The molecule has 0 saturated carbocycles. The van der Waals surface area contributed by atoms with Crippen molar-refractivity contribution >= 4 is 5.69 Å². The van der Waals surface area contributed by atoms with Crippen LogP contribution in [-0.4, -0.2) is 6.04 Å². The third-order valence-corrected chi connectivity index (χ3v) is 5.07. The quantitative estimate of drug-likeness (QED) is 0.255. The Morgan fingerprint density at radius 3 is 2.64 bits per heavy atom. The Balaban J connectivity index is 2.18. The van der Waals surface area contributed by atoms with Gasteiger partial charge in [-0.3, -0.25) is 0 Å². The lowest BCUT2D eigenvalue weighted by Crippen LogP contribution is -2.34. The number of para-hydroxylation sites is 1. The Morgan fingerprint density at radius 1 is 1.29 bits per heavy atom. The summed E-state index contributed by atoms with van der Waals surface area (Å²) in [4.78, 5) is 2.32. The first kappa shape index (κ1) is 21.3. The molecule has 2 rings (SSSR count). The van der Waals surface area contributed by atoms with Gasteiger partial charge in [0.15, 0.2) is 0 Å². The Kier molecular flexibility index (Phi) is 8.31. The van der Waals surface area contributed by atoms with Crippen LogP contribution in [0.4, 0.5) is 5.69 Å². The normalized spacial score (nSPS) is 16.9. The highest BCUT2D eigenvalue weighted by molar-refractivity contribution is 5.54. The Morgan fingerprint density at radius 2 is 2.04 bits per heavy atom. The fraction of sp³-hybridized carbons (Fsp3) is 0.269. The number of anilines is 1. The summed E-state index contributed by atoms with van der Waals surface area (Å²) in [7, 11) is 0. The van der Waals surface area contributed by atoms with Gasteiger partial charge in [0, 0.05) is 17.5 Å². The van der Waals surface area contributed by atoms with Crippen molar-refractivity contribution < 1.29 is 0 Å². The van der Waals surface area contributed by atoms with Gasteiger partial charge in [-0.1, -0.05) is 68.7 Å². The number of rotatable bonds is 10. The molecule has 0 aliphatic heterocycles. The zero-order valence-electron chi connectivity index (χ0n) is 16.8. The molecule has 0 heterocycles. The number of hydrogen-bond donors (Lipinski definition) is 0. The number of benzene rings is 1. The molecule has 2 atom stereocenters. The number of allylic oxidation sites excluding steroid dienone is 7. The molecule has 0 saturated heterocycles. The monoisotopic (exact) mass is 370 g/mol. The molecule has 2 unspecified atom stereocenters. The molecule has 2 heteroatoms. The zero-order valence-corrected chi connectivity index (χ0v) is 16.8. The molecule has 0 N–H and O–H groups in total. The molecule has 0 radical (unpaired) electrons. The van der Waals surface area contributed by atoms with Crippen molar-refractivity contribution in [2.24, 2.45) is 5.92 Å². The van der Waals surface area contributed by atoms with E-state index >= 15 is 0 Å². The minimum atomic E-state index is 0.200. The summed E-state index contributed by atoms with van der Waals surface area (Å²) >= 11 is 0. The average Bonchev–Trinajstić information content (AvgIpc) is 2.72. The molecule has 28 heavy (non-hydrogen) atoms. The van der Waals surface area contributed by atoms with Crippen LogP contribution in [0.1, 0.15) is 32.6 Å². The maximum Gasteiger partial charge on any atom is 0.0915 e. The standard InChI is InChI=1S/C26H30N2/c1-5-6-13-24(18-19-27)23(4)21(2)20-22(3)28(25-14-9-7-10-15-25)26-16-11-8-12-17-26/h5,7-12,14-16,18,21,26H,1,3-4,6,13,17,20H2,2H3. The Labute approximate surface area is 170 Å². The van der Waals surface area contributed by atoms with E-state index in [4.69, 9.17) is 5.26 Å². The van der Waals surface area contributed by atoms with Gasteiger partial charge in [0.1, 0.15) is 0 Å². The average molecular weight is 371 g/mol. The van der Waals surface area contributed by atoms with Gasteiger partial charge in [-0.15, -0.1) is 6.58 Å². The summed E-state index contributed by atoms with van der Waals surface area (Å²) in [6, 6.07) is 12.8. The molecule has 0 aromatic heterocycles. The first-order valence-electron chi connectivity index (χ1n) is 9.82. The second-order valence-corrected chi connectivity index (χ2v) is 7.14. The van der Waals surface area contributed by atoms with Crippen LogP contribution in [0.2, 0.25) is 0 Å². The topological polar surface area (TPSA) is 27.0 Å². The van der Waals surface area contributed by atoms with Crippen LogP contribution in [-0.2, 0) is 0 Å². The summed E-state index contributed by atoms with van der Waals surface area (Å²) in [5.74, 6) is 0.200. The summed E-state index contributed by atoms with van der Waals surface area (Å²) in [6.45, 7) is 14.6. The fourth-order valence-electron chi connectivity index (χ4n) is 3.51. The van der Waals surface area contributed by atoms with Gasteiger partial charge in [0.2, 0.25) is 0 Å². The molecule has 1 aromatic rings. The summed E-state index contributed by atoms with van der Waals surface area (Å²) in [5, 5.41) is 9.12. The van der Waals surface area contributed by atoms with E-state index in [9.17, 15) is 0 Å². The number of nitriles is 1. The fourth-order valence-corrected chi connectivity index (χ4v) is 3.51. The lowest BCUT2D eigenvalue weighted by Gasteiger charge is -2.35. The van der Waals surface area contributed by atoms with Crippen molar-refractivity contribution in [1.29, 1.82) is 5.26 Å². The summed E-state index contributed by atoms with van der Waals surface area (Å²) < 4.78 is 0. The maximum absolute atomic E-state index is 9.12. The maximum atomic E-state index is 9.12. The number of nitrogens with zero attached hydrogens (tertiary/aromatic N) is 2. The SMILES string of the molecule is C=CCCC(=CC#N)C(=C)C(C)CC(=C)N(c1ccccc1)C1C=CC=CC1. The van der Waals surface area contributed by atoms with Gasteiger partial charge < -0.3 is 4.90 Å². The summed E-state index contributed by atoms with van der Waals surface area (Å²) in [5.41, 5.74) is 4.23. The molecule has 0 amide bonds. The van der Waals surface area contributed by atoms with Gasteiger partial charge in [0.25, 0.3) is 0 Å². The first-order valence-corrected chi connectivity index (χ1v) is 9.82. The van der Waals surface area contributed by atoms with Gasteiger partial charge >= 0.3 is 0 Å². The summed E-state index contributed by atoms with van der Waals surface area (Å²) in [6.07, 6.45) is 15.5. The molecular formula is C26H30N2. The van der Waals surface area contributed by atoms with Crippen LogP contribution in [0.3, 0.4) is 0 Å². The third-order valence-electron chi connectivity index (χ3n) is 5.07. The predicted octanol–water partition coefficient (Wildman–Crippen LogP) is 6.89. The third kappa shape index (κ3) is 5.72. The van der Waals surface area contributed by atoms with Gasteiger partial charge in [-0.25, -0.2) is 0 Å². The molecule has 1 aliphatic rings. The highest BCUT2D eigenvalue weighted by Crippen LogP contribution is 2.32. The van der Waals surface area contributed by atoms with Crippen LogP contribution < -0.4 is 4.90 Å². The lowest BCUT2D eigenvalue weighted by atomic mass is 9.88. The van der Waals surface area contributed by atoms with Crippen LogP contribution in [0.15, 0.2) is 103 Å². The first-order chi connectivity index (χ1) is 13.6. The smallest absolute Gasteiger partial charge is 0.0915 e. The van der Waals surface area contributed by atoms with Crippen LogP contribution >= 0.6 is 0 Å². The van der Waals surface area contributed by atoms with Crippen molar-refractivity contribution in [2.45, 2.75) is 38.6 Å². The molecular weight excluding hydrogens is 340 g/mol. The van der Waals surface area contributed by atoms with Crippen molar-refractivity contribution in [3.8, 4) is 6.07 Å². The van der Waals surface area contributed by atoms with E-state index in [1.54, 1.807) is 6.08 Å². The molecule has 0 bridgehead atoms. The molecule has 1 aliphatic carbocycles. The highest BCUT2D eigenvalue weighted by Gasteiger charge is 2.22. The van der Waals surface area contributed by atoms with E-state index in [1.807, 2.05) is 12.1 Å². The Bertz CT molecular complexity index is 818. The van der Waals surface area contributed by atoms with E-state index in [2.05, 4.69) is 86.2 Å².